The average Bonchev–Trinajstić information content (AvgIpc) is 3.03. The number of benzene rings is 1. The molecule has 29 heavy (non-hydrogen) atoms. The van der Waals surface area contributed by atoms with Gasteiger partial charge in [-0.2, -0.15) is 0 Å². The van der Waals surface area contributed by atoms with Crippen molar-refractivity contribution >= 4 is 17.7 Å². The molecule has 2 aromatic heterocycles. The molecular weight excluding hydrogens is 401 g/mol. The van der Waals surface area contributed by atoms with Crippen LogP contribution < -0.4 is 11.2 Å². The van der Waals surface area contributed by atoms with Crippen molar-refractivity contribution in [3.63, 3.8) is 0 Å². The highest BCUT2D eigenvalue weighted by Gasteiger charge is 2.22. The zero-order valence-electron chi connectivity index (χ0n) is 15.6. The molecule has 3 rings (SSSR count). The van der Waals surface area contributed by atoms with Gasteiger partial charge in [0.15, 0.2) is 5.16 Å². The van der Waals surface area contributed by atoms with Crippen LogP contribution in [0.1, 0.15) is 25.4 Å². The van der Waals surface area contributed by atoms with E-state index in [4.69, 9.17) is 4.74 Å². The summed E-state index contributed by atoms with van der Waals surface area (Å²) in [5.41, 5.74) is -0.269. The number of carbonyl (C=O) groups is 1. The van der Waals surface area contributed by atoms with Crippen molar-refractivity contribution in [1.29, 1.82) is 0 Å². The summed E-state index contributed by atoms with van der Waals surface area (Å²) in [7, 11) is 0. The Labute approximate surface area is 168 Å². The van der Waals surface area contributed by atoms with Crippen LogP contribution in [0.2, 0.25) is 0 Å². The summed E-state index contributed by atoms with van der Waals surface area (Å²) in [5, 5.41) is 8.11. The topological polar surface area (TPSA) is 123 Å². The average molecular weight is 419 g/mol. The molecule has 152 valence electrons. The largest absolute Gasteiger partial charge is 0.465 e. The molecule has 11 heteroatoms. The molecule has 0 saturated heterocycles. The van der Waals surface area contributed by atoms with E-state index in [0.29, 0.717) is 22.4 Å². The lowest BCUT2D eigenvalue weighted by Crippen LogP contribution is -2.23. The highest BCUT2D eigenvalue weighted by Crippen LogP contribution is 2.27. The van der Waals surface area contributed by atoms with Crippen molar-refractivity contribution in [3.05, 3.63) is 68.5 Å². The Kier molecular flexibility index (Phi) is 6.27. The van der Waals surface area contributed by atoms with Gasteiger partial charge in [-0.3, -0.25) is 19.1 Å². The molecule has 9 nitrogen and oxygen atoms in total. The Bertz CT molecular complexity index is 1090. The van der Waals surface area contributed by atoms with Crippen LogP contribution in [-0.2, 0) is 16.0 Å². The van der Waals surface area contributed by atoms with E-state index in [1.165, 1.54) is 18.2 Å². The maximum absolute atomic E-state index is 13.4. The fourth-order valence-corrected chi connectivity index (χ4v) is 3.48. The minimum atomic E-state index is -0.633. The van der Waals surface area contributed by atoms with Crippen LogP contribution in [0.5, 0.6) is 0 Å². The summed E-state index contributed by atoms with van der Waals surface area (Å²) >= 11 is 1.14. The van der Waals surface area contributed by atoms with Crippen LogP contribution in [0.15, 0.2) is 45.1 Å². The van der Waals surface area contributed by atoms with E-state index in [1.54, 1.807) is 30.5 Å². The molecule has 0 unspecified atom stereocenters. The fourth-order valence-electron chi connectivity index (χ4n) is 2.59. The van der Waals surface area contributed by atoms with Gasteiger partial charge >= 0.3 is 11.7 Å². The molecule has 1 atom stereocenters. The number of hydrogen-bond acceptors (Lipinski definition) is 7. The summed E-state index contributed by atoms with van der Waals surface area (Å²) in [6, 6.07) is 6.91. The van der Waals surface area contributed by atoms with Gasteiger partial charge in [-0.1, -0.05) is 11.8 Å². The van der Waals surface area contributed by atoms with Crippen LogP contribution in [0.25, 0.3) is 5.69 Å². The third kappa shape index (κ3) is 4.99. The quantitative estimate of drug-likeness (QED) is 0.439. The maximum Gasteiger partial charge on any atom is 0.325 e. The molecule has 0 saturated carbocycles. The molecule has 2 N–H and O–H groups in total. The van der Waals surface area contributed by atoms with Gasteiger partial charge in [0.2, 0.25) is 0 Å². The number of carbonyl (C=O) groups excluding carboxylic acids is 1. The summed E-state index contributed by atoms with van der Waals surface area (Å²) in [6.07, 6.45) is 0.0951. The van der Waals surface area contributed by atoms with Gasteiger partial charge in [0, 0.05) is 23.9 Å². The molecule has 0 aliphatic carbocycles. The highest BCUT2D eigenvalue weighted by atomic mass is 32.2. The van der Waals surface area contributed by atoms with Gasteiger partial charge in [0.25, 0.3) is 5.56 Å². The van der Waals surface area contributed by atoms with Crippen molar-refractivity contribution in [2.24, 2.45) is 0 Å². The standard InChI is InChI=1S/C18H18FN5O4S/c1-3-28-16(26)10(2)29-18-23-22-14(8-12-9-15(25)21-17(27)20-12)24(18)13-6-4-11(19)5-7-13/h4-7,9-10H,3,8H2,1-2H3,(H2,20,21,25,27)/t10-/m0/s1. The van der Waals surface area contributed by atoms with Gasteiger partial charge in [0.05, 0.1) is 6.61 Å². The van der Waals surface area contributed by atoms with Crippen LogP contribution in [0, 0.1) is 5.82 Å². The van der Waals surface area contributed by atoms with E-state index in [9.17, 15) is 18.8 Å². The molecule has 0 bridgehead atoms. The fraction of sp³-hybridized carbons (Fsp3) is 0.278. The Morgan fingerprint density at radius 2 is 1.97 bits per heavy atom. The number of nitrogens with zero attached hydrogens (tertiary/aromatic N) is 3. The zero-order valence-corrected chi connectivity index (χ0v) is 16.5. The predicted molar refractivity (Wildman–Crippen MR) is 104 cm³/mol. The molecule has 0 fully saturated rings. The van der Waals surface area contributed by atoms with E-state index < -0.39 is 28.3 Å². The monoisotopic (exact) mass is 419 g/mol. The van der Waals surface area contributed by atoms with Gasteiger partial charge in [-0.05, 0) is 38.1 Å². The highest BCUT2D eigenvalue weighted by molar-refractivity contribution is 8.00. The molecule has 0 spiro atoms. The zero-order chi connectivity index (χ0) is 21.0. The lowest BCUT2D eigenvalue weighted by atomic mass is 10.2. The van der Waals surface area contributed by atoms with Crippen LogP contribution in [0.3, 0.4) is 0 Å². The molecular formula is C18H18FN5O4S. The Morgan fingerprint density at radius 3 is 2.62 bits per heavy atom. The maximum atomic E-state index is 13.4. The number of hydrogen-bond donors (Lipinski definition) is 2. The van der Waals surface area contributed by atoms with E-state index in [0.717, 1.165) is 11.8 Å². The summed E-state index contributed by atoms with van der Waals surface area (Å²) in [4.78, 5) is 39.7. The second-order valence-corrected chi connectivity index (χ2v) is 7.32. The first kappa shape index (κ1) is 20.5. The molecule has 3 aromatic rings. The number of aromatic amines is 2. The SMILES string of the molecule is CCOC(=O)[C@H](C)Sc1nnc(Cc2cc(=O)[nH]c(=O)[nH]2)n1-c1ccc(F)cc1. The van der Waals surface area contributed by atoms with Gasteiger partial charge < -0.3 is 9.72 Å². The second kappa shape index (κ2) is 8.86. The van der Waals surface area contributed by atoms with Crippen molar-refractivity contribution in [3.8, 4) is 5.69 Å². The van der Waals surface area contributed by atoms with E-state index in [2.05, 4.69) is 20.2 Å². The number of H-pyrrole nitrogens is 2. The minimum absolute atomic E-state index is 0.0951. The number of nitrogens with one attached hydrogen (secondary N) is 2. The second-order valence-electron chi connectivity index (χ2n) is 6.01. The van der Waals surface area contributed by atoms with Gasteiger partial charge in [-0.25, -0.2) is 9.18 Å². The van der Waals surface area contributed by atoms with Crippen LogP contribution in [0.4, 0.5) is 4.39 Å². The normalized spacial score (nSPS) is 12.0. The Balaban J connectivity index is 2.01. The lowest BCUT2D eigenvalue weighted by Gasteiger charge is -2.13. The summed E-state index contributed by atoms with van der Waals surface area (Å²) in [6.45, 7) is 3.66. The van der Waals surface area contributed by atoms with Crippen molar-refractivity contribution in [1.82, 2.24) is 24.7 Å². The molecule has 1 aromatic carbocycles. The summed E-state index contributed by atoms with van der Waals surface area (Å²) in [5.74, 6) is -0.403. The third-order valence-electron chi connectivity index (χ3n) is 3.85. The van der Waals surface area contributed by atoms with Gasteiger partial charge in [-0.15, -0.1) is 10.2 Å². The van der Waals surface area contributed by atoms with E-state index in [1.807, 2.05) is 0 Å². The molecule has 0 radical (unpaired) electrons. The first-order valence-electron chi connectivity index (χ1n) is 8.73. The van der Waals surface area contributed by atoms with Crippen molar-refractivity contribution in [2.75, 3.05) is 6.61 Å². The number of esters is 1. The molecule has 2 heterocycles. The van der Waals surface area contributed by atoms with Crippen LogP contribution >= 0.6 is 11.8 Å². The molecule has 0 amide bonds. The number of ether oxygens (including phenoxy) is 1. The van der Waals surface area contributed by atoms with E-state index >= 15 is 0 Å². The van der Waals surface area contributed by atoms with Crippen molar-refractivity contribution < 1.29 is 13.9 Å². The first-order chi connectivity index (χ1) is 13.9. The number of rotatable bonds is 7. The van der Waals surface area contributed by atoms with E-state index in [-0.39, 0.29) is 13.0 Å². The first-order valence-corrected chi connectivity index (χ1v) is 9.61. The van der Waals surface area contributed by atoms with Crippen molar-refractivity contribution in [2.45, 2.75) is 30.7 Å². The Morgan fingerprint density at radius 1 is 1.24 bits per heavy atom. The number of aromatic nitrogens is 5. The number of halogens is 1. The van der Waals surface area contributed by atoms with Crippen LogP contribution in [-0.4, -0.2) is 42.6 Å². The predicted octanol–water partition coefficient (Wildman–Crippen LogP) is 1.42. The third-order valence-corrected chi connectivity index (χ3v) is 4.87. The minimum Gasteiger partial charge on any atom is -0.465 e. The number of thioether (sulfide) groups is 1. The van der Waals surface area contributed by atoms with Gasteiger partial charge in [0.1, 0.15) is 16.9 Å². The lowest BCUT2D eigenvalue weighted by molar-refractivity contribution is -0.142. The molecule has 0 aliphatic heterocycles. The smallest absolute Gasteiger partial charge is 0.325 e. The molecule has 0 aliphatic rings. The Hall–Kier alpha value is -3.21. The summed E-state index contributed by atoms with van der Waals surface area (Å²) < 4.78 is 20.0.